The lowest BCUT2D eigenvalue weighted by molar-refractivity contribution is -0.152. The third kappa shape index (κ3) is 4.28. The van der Waals surface area contributed by atoms with Crippen molar-refractivity contribution < 1.29 is 19.1 Å². The Labute approximate surface area is 112 Å². The van der Waals surface area contributed by atoms with Crippen molar-refractivity contribution in [3.8, 4) is 5.75 Å². The Hall–Kier alpha value is -2.04. The van der Waals surface area contributed by atoms with Gasteiger partial charge in [-0.1, -0.05) is 19.1 Å². The fourth-order valence-electron chi connectivity index (χ4n) is 1.75. The van der Waals surface area contributed by atoms with Crippen LogP contribution >= 0.6 is 0 Å². The van der Waals surface area contributed by atoms with Gasteiger partial charge in [0.05, 0.1) is 14.2 Å². The van der Waals surface area contributed by atoms with Crippen molar-refractivity contribution in [3.05, 3.63) is 29.3 Å². The van der Waals surface area contributed by atoms with E-state index in [1.807, 2.05) is 18.2 Å². The van der Waals surface area contributed by atoms with Crippen LogP contribution in [-0.2, 0) is 27.2 Å². The predicted molar refractivity (Wildman–Crippen MR) is 71.1 cm³/mol. The molecule has 104 valence electrons. The molecule has 0 saturated carbocycles. The molecule has 0 radical (unpaired) electrons. The number of nitrogens with one attached hydrogen (secondary N) is 1. The average Bonchev–Trinajstić information content (AvgIpc) is 2.45. The van der Waals surface area contributed by atoms with E-state index in [9.17, 15) is 9.59 Å². The van der Waals surface area contributed by atoms with E-state index in [2.05, 4.69) is 17.0 Å². The first-order chi connectivity index (χ1) is 9.12. The molecule has 1 aromatic rings. The van der Waals surface area contributed by atoms with Crippen LogP contribution in [0.2, 0.25) is 0 Å². The van der Waals surface area contributed by atoms with Crippen LogP contribution in [0.1, 0.15) is 18.1 Å². The Balaban J connectivity index is 2.54. The number of hydrogen-bond acceptors (Lipinski definition) is 4. The van der Waals surface area contributed by atoms with Crippen LogP contribution < -0.4 is 10.1 Å². The third-order valence-corrected chi connectivity index (χ3v) is 2.80. The summed E-state index contributed by atoms with van der Waals surface area (Å²) in [6.07, 6.45) is 1.53. The van der Waals surface area contributed by atoms with Crippen molar-refractivity contribution in [2.24, 2.45) is 0 Å². The molecule has 19 heavy (non-hydrogen) atoms. The second kappa shape index (κ2) is 7.41. The van der Waals surface area contributed by atoms with Gasteiger partial charge in [-0.05, 0) is 30.0 Å². The van der Waals surface area contributed by atoms with Gasteiger partial charge in [0, 0.05) is 6.54 Å². The van der Waals surface area contributed by atoms with Crippen molar-refractivity contribution >= 4 is 11.9 Å². The normalized spacial score (nSPS) is 9.84. The van der Waals surface area contributed by atoms with E-state index in [0.717, 1.165) is 23.3 Å². The molecule has 0 heterocycles. The number of carbonyl (C=O) groups excluding carboxylic acids is 2. The zero-order valence-electron chi connectivity index (χ0n) is 11.5. The predicted octanol–water partition coefficient (Wildman–Crippen LogP) is 1.09. The van der Waals surface area contributed by atoms with Gasteiger partial charge < -0.3 is 14.8 Å². The minimum atomic E-state index is -0.871. The van der Waals surface area contributed by atoms with Crippen molar-refractivity contribution in [1.82, 2.24) is 5.32 Å². The lowest BCUT2D eigenvalue weighted by atomic mass is 10.1. The Morgan fingerprint density at radius 1 is 1.26 bits per heavy atom. The molecule has 0 atom stereocenters. The van der Waals surface area contributed by atoms with Gasteiger partial charge in [-0.15, -0.1) is 0 Å². The maximum atomic E-state index is 11.2. The number of benzene rings is 1. The number of hydrogen-bond donors (Lipinski definition) is 1. The van der Waals surface area contributed by atoms with Crippen LogP contribution in [0.25, 0.3) is 0 Å². The summed E-state index contributed by atoms with van der Waals surface area (Å²) < 4.78 is 9.56. The monoisotopic (exact) mass is 265 g/mol. The third-order valence-electron chi connectivity index (χ3n) is 2.80. The minimum absolute atomic E-state index is 0.392. The molecule has 1 N–H and O–H groups in total. The van der Waals surface area contributed by atoms with Crippen LogP contribution in [-0.4, -0.2) is 32.6 Å². The van der Waals surface area contributed by atoms with E-state index < -0.39 is 11.9 Å². The SMILES string of the molecule is CCc1cc(CCNC(=O)C(=O)OC)ccc1OC. The van der Waals surface area contributed by atoms with Gasteiger partial charge in [0.15, 0.2) is 0 Å². The number of carbonyl (C=O) groups is 2. The average molecular weight is 265 g/mol. The van der Waals surface area contributed by atoms with Crippen LogP contribution in [0, 0.1) is 0 Å². The van der Waals surface area contributed by atoms with Crippen LogP contribution in [0.3, 0.4) is 0 Å². The Bertz CT molecular complexity index is 457. The van der Waals surface area contributed by atoms with E-state index in [-0.39, 0.29) is 0 Å². The second-order valence-corrected chi connectivity index (χ2v) is 4.00. The fraction of sp³-hybridized carbons (Fsp3) is 0.429. The molecule has 1 aromatic carbocycles. The highest BCUT2D eigenvalue weighted by atomic mass is 16.5. The van der Waals surface area contributed by atoms with Crippen molar-refractivity contribution in [3.63, 3.8) is 0 Å². The fourth-order valence-corrected chi connectivity index (χ4v) is 1.75. The largest absolute Gasteiger partial charge is 0.496 e. The molecule has 0 aromatic heterocycles. The maximum absolute atomic E-state index is 11.2. The van der Waals surface area contributed by atoms with E-state index >= 15 is 0 Å². The second-order valence-electron chi connectivity index (χ2n) is 4.00. The number of ether oxygens (including phenoxy) is 2. The van der Waals surface area contributed by atoms with E-state index in [1.165, 1.54) is 7.11 Å². The highest BCUT2D eigenvalue weighted by Crippen LogP contribution is 2.20. The lowest BCUT2D eigenvalue weighted by Gasteiger charge is -2.09. The number of esters is 1. The molecule has 0 aliphatic rings. The van der Waals surface area contributed by atoms with Crippen LogP contribution in [0.5, 0.6) is 5.75 Å². The highest BCUT2D eigenvalue weighted by Gasteiger charge is 2.12. The van der Waals surface area contributed by atoms with E-state index in [4.69, 9.17) is 4.74 Å². The maximum Gasteiger partial charge on any atom is 0.396 e. The summed E-state index contributed by atoms with van der Waals surface area (Å²) in [5.41, 5.74) is 2.21. The van der Waals surface area contributed by atoms with Crippen LogP contribution in [0.4, 0.5) is 0 Å². The van der Waals surface area contributed by atoms with Crippen molar-refractivity contribution in [2.45, 2.75) is 19.8 Å². The summed E-state index contributed by atoms with van der Waals surface area (Å²) in [5.74, 6) is -0.722. The molecule has 0 spiro atoms. The molecule has 0 fully saturated rings. The van der Waals surface area contributed by atoms with E-state index in [1.54, 1.807) is 7.11 Å². The lowest BCUT2D eigenvalue weighted by Crippen LogP contribution is -2.33. The molecule has 1 rings (SSSR count). The van der Waals surface area contributed by atoms with Gasteiger partial charge in [0.25, 0.3) is 0 Å². The van der Waals surface area contributed by atoms with Crippen molar-refractivity contribution in [2.75, 3.05) is 20.8 Å². The molecule has 5 heteroatoms. The summed E-state index contributed by atoms with van der Waals surface area (Å²) in [7, 11) is 2.82. The molecule has 0 saturated heterocycles. The molecule has 1 amide bonds. The number of rotatable bonds is 5. The molecule has 0 bridgehead atoms. The minimum Gasteiger partial charge on any atom is -0.496 e. The van der Waals surface area contributed by atoms with Crippen molar-refractivity contribution in [1.29, 1.82) is 0 Å². The Morgan fingerprint density at radius 2 is 2.00 bits per heavy atom. The van der Waals surface area contributed by atoms with Gasteiger partial charge in [-0.3, -0.25) is 4.79 Å². The van der Waals surface area contributed by atoms with Gasteiger partial charge >= 0.3 is 11.9 Å². The molecule has 0 aliphatic heterocycles. The molecule has 0 aliphatic carbocycles. The summed E-state index contributed by atoms with van der Waals surface area (Å²) in [5, 5.41) is 2.50. The van der Waals surface area contributed by atoms with Gasteiger partial charge in [0.2, 0.25) is 0 Å². The topological polar surface area (TPSA) is 64.6 Å². The zero-order valence-corrected chi connectivity index (χ0v) is 11.5. The first-order valence-corrected chi connectivity index (χ1v) is 6.14. The quantitative estimate of drug-likeness (QED) is 0.639. The molecule has 5 nitrogen and oxygen atoms in total. The number of amides is 1. The standard InChI is InChI=1S/C14H19NO4/c1-4-11-9-10(5-6-12(11)18-2)7-8-15-13(16)14(17)19-3/h5-6,9H,4,7-8H2,1-3H3,(H,15,16). The van der Waals surface area contributed by atoms with E-state index in [0.29, 0.717) is 13.0 Å². The summed E-state index contributed by atoms with van der Waals surface area (Å²) in [4.78, 5) is 22.1. The summed E-state index contributed by atoms with van der Waals surface area (Å²) in [6, 6.07) is 5.90. The Morgan fingerprint density at radius 3 is 2.58 bits per heavy atom. The first kappa shape index (κ1) is 15.0. The molecule has 0 unspecified atom stereocenters. The number of aryl methyl sites for hydroxylation is 1. The molecular formula is C14H19NO4. The van der Waals surface area contributed by atoms with Gasteiger partial charge in [-0.25, -0.2) is 4.79 Å². The summed E-state index contributed by atoms with van der Waals surface area (Å²) >= 11 is 0. The Kier molecular flexibility index (Phi) is 5.85. The zero-order chi connectivity index (χ0) is 14.3. The van der Waals surface area contributed by atoms with Gasteiger partial charge in [0.1, 0.15) is 5.75 Å². The summed E-state index contributed by atoms with van der Waals surface area (Å²) in [6.45, 7) is 2.45. The smallest absolute Gasteiger partial charge is 0.396 e. The van der Waals surface area contributed by atoms with Gasteiger partial charge in [-0.2, -0.15) is 0 Å². The highest BCUT2D eigenvalue weighted by molar-refractivity contribution is 6.32. The van der Waals surface area contributed by atoms with Crippen LogP contribution in [0.15, 0.2) is 18.2 Å². The molecular weight excluding hydrogens is 246 g/mol. The first-order valence-electron chi connectivity index (χ1n) is 6.14. The number of methoxy groups -OCH3 is 2.